The molecule has 0 saturated heterocycles. The molecule has 0 radical (unpaired) electrons. The number of anilines is 1. The fourth-order valence-corrected chi connectivity index (χ4v) is 1.81. The maximum atomic E-state index is 11.6. The first-order valence-electron chi connectivity index (χ1n) is 7.12. The predicted octanol–water partition coefficient (Wildman–Crippen LogP) is 2.30. The molecule has 0 spiro atoms. The van der Waals surface area contributed by atoms with Gasteiger partial charge in [0.15, 0.2) is 0 Å². The fraction of sp³-hybridized carbons (Fsp3) is 0.571. The summed E-state index contributed by atoms with van der Waals surface area (Å²) in [5.74, 6) is -0.557. The second kappa shape index (κ2) is 8.52. The van der Waals surface area contributed by atoms with E-state index in [1.807, 2.05) is 0 Å². The SMILES string of the molecule is CC(C)(C)OC(=O)N[C@@H](CCCNc1ccnc(Cl)n1)C(=O)O. The number of rotatable bonds is 7. The second-order valence-corrected chi connectivity index (χ2v) is 6.16. The Bertz CT molecular complexity index is 548. The first-order valence-corrected chi connectivity index (χ1v) is 7.50. The van der Waals surface area contributed by atoms with Gasteiger partial charge in [-0.15, -0.1) is 0 Å². The minimum absolute atomic E-state index is 0.130. The third-order valence-corrected chi connectivity index (χ3v) is 2.77. The summed E-state index contributed by atoms with van der Waals surface area (Å²) in [5.41, 5.74) is -0.680. The van der Waals surface area contributed by atoms with Crippen molar-refractivity contribution in [1.82, 2.24) is 15.3 Å². The van der Waals surface area contributed by atoms with Gasteiger partial charge in [-0.1, -0.05) is 0 Å². The number of carbonyl (C=O) groups excluding carboxylic acids is 1. The van der Waals surface area contributed by atoms with E-state index < -0.39 is 23.7 Å². The molecule has 0 aliphatic carbocycles. The maximum Gasteiger partial charge on any atom is 0.408 e. The van der Waals surface area contributed by atoms with Crippen LogP contribution in [0.4, 0.5) is 10.6 Å². The largest absolute Gasteiger partial charge is 0.480 e. The zero-order valence-electron chi connectivity index (χ0n) is 13.3. The van der Waals surface area contributed by atoms with Gasteiger partial charge in [0.05, 0.1) is 0 Å². The molecule has 0 saturated carbocycles. The van der Waals surface area contributed by atoms with Gasteiger partial charge in [-0.25, -0.2) is 19.6 Å². The molecule has 1 amide bonds. The number of hydrogen-bond acceptors (Lipinski definition) is 6. The molecule has 0 bridgehead atoms. The fourth-order valence-electron chi connectivity index (χ4n) is 1.66. The monoisotopic (exact) mass is 344 g/mol. The Hall–Kier alpha value is -2.09. The highest BCUT2D eigenvalue weighted by atomic mass is 35.5. The Morgan fingerprint density at radius 1 is 1.43 bits per heavy atom. The molecule has 1 rings (SSSR count). The van der Waals surface area contributed by atoms with Crippen molar-refractivity contribution in [2.75, 3.05) is 11.9 Å². The number of alkyl carbamates (subject to hydrolysis) is 1. The van der Waals surface area contributed by atoms with E-state index in [1.165, 1.54) is 6.20 Å². The number of carboxylic acid groups (broad SMARTS) is 1. The summed E-state index contributed by atoms with van der Waals surface area (Å²) in [5, 5.41) is 14.6. The van der Waals surface area contributed by atoms with Crippen molar-refractivity contribution in [1.29, 1.82) is 0 Å². The van der Waals surface area contributed by atoms with Crippen LogP contribution in [-0.2, 0) is 9.53 Å². The topological polar surface area (TPSA) is 113 Å². The molecule has 1 heterocycles. The summed E-state index contributed by atoms with van der Waals surface area (Å²) in [6, 6.07) is 0.639. The van der Waals surface area contributed by atoms with Crippen molar-refractivity contribution in [2.45, 2.75) is 45.3 Å². The smallest absolute Gasteiger partial charge is 0.408 e. The van der Waals surface area contributed by atoms with E-state index in [1.54, 1.807) is 26.8 Å². The van der Waals surface area contributed by atoms with E-state index in [0.717, 1.165) is 0 Å². The Labute approximate surface area is 139 Å². The Morgan fingerprint density at radius 3 is 2.70 bits per heavy atom. The molecule has 0 aromatic carbocycles. The molecule has 1 aromatic heterocycles. The Kier molecular flexibility index (Phi) is 7.02. The summed E-state index contributed by atoms with van der Waals surface area (Å²) >= 11 is 5.66. The van der Waals surface area contributed by atoms with Crippen LogP contribution in [0.3, 0.4) is 0 Å². The highest BCUT2D eigenvalue weighted by Gasteiger charge is 2.23. The highest BCUT2D eigenvalue weighted by molar-refractivity contribution is 6.28. The number of carbonyl (C=O) groups is 2. The number of nitrogens with one attached hydrogen (secondary N) is 2. The molecule has 23 heavy (non-hydrogen) atoms. The Morgan fingerprint density at radius 2 is 2.13 bits per heavy atom. The zero-order valence-corrected chi connectivity index (χ0v) is 14.1. The zero-order chi connectivity index (χ0) is 17.5. The minimum atomic E-state index is -1.11. The molecule has 1 aromatic rings. The molecule has 9 heteroatoms. The third kappa shape index (κ3) is 8.20. The number of halogens is 1. The quantitative estimate of drug-likeness (QED) is 0.513. The molecule has 0 fully saturated rings. The lowest BCUT2D eigenvalue weighted by Gasteiger charge is -2.22. The van der Waals surface area contributed by atoms with Crippen LogP contribution < -0.4 is 10.6 Å². The average molecular weight is 345 g/mol. The molecular formula is C14H21ClN4O4. The molecule has 3 N–H and O–H groups in total. The van der Waals surface area contributed by atoms with Gasteiger partial charge in [-0.2, -0.15) is 0 Å². The number of hydrogen-bond donors (Lipinski definition) is 3. The standard InChI is InChI=1S/C14H21ClN4O4/c1-14(2,3)23-13(22)18-9(11(20)21)5-4-7-16-10-6-8-17-12(15)19-10/h6,8-9H,4-5,7H2,1-3H3,(H,18,22)(H,20,21)(H,16,17,19)/t9-/m0/s1. The van der Waals surface area contributed by atoms with Crippen LogP contribution in [0.15, 0.2) is 12.3 Å². The number of aliphatic carboxylic acids is 1. The summed E-state index contributed by atoms with van der Waals surface area (Å²) in [6.45, 7) is 5.60. The highest BCUT2D eigenvalue weighted by Crippen LogP contribution is 2.09. The van der Waals surface area contributed by atoms with Crippen LogP contribution in [0.2, 0.25) is 5.28 Å². The van der Waals surface area contributed by atoms with Crippen molar-refractivity contribution in [3.05, 3.63) is 17.5 Å². The first-order chi connectivity index (χ1) is 10.7. The van der Waals surface area contributed by atoms with Crippen LogP contribution in [0.25, 0.3) is 0 Å². The molecule has 128 valence electrons. The molecule has 1 atom stereocenters. The summed E-state index contributed by atoms with van der Waals surface area (Å²) in [6.07, 6.45) is 1.52. The van der Waals surface area contributed by atoms with Gasteiger partial charge in [-0.05, 0) is 51.3 Å². The van der Waals surface area contributed by atoms with Crippen molar-refractivity contribution in [2.24, 2.45) is 0 Å². The third-order valence-electron chi connectivity index (χ3n) is 2.59. The number of amides is 1. The predicted molar refractivity (Wildman–Crippen MR) is 85.6 cm³/mol. The van der Waals surface area contributed by atoms with Gasteiger partial charge >= 0.3 is 12.1 Å². The average Bonchev–Trinajstić information content (AvgIpc) is 2.40. The Balaban J connectivity index is 2.39. The molecule has 0 unspecified atom stereocenters. The van der Waals surface area contributed by atoms with E-state index >= 15 is 0 Å². The molecule has 8 nitrogen and oxygen atoms in total. The van der Waals surface area contributed by atoms with Gasteiger partial charge in [0.25, 0.3) is 0 Å². The van der Waals surface area contributed by atoms with Gasteiger partial charge in [0, 0.05) is 12.7 Å². The van der Waals surface area contributed by atoms with Gasteiger partial charge in [-0.3, -0.25) is 0 Å². The number of aromatic nitrogens is 2. The van der Waals surface area contributed by atoms with Gasteiger partial charge in [0.2, 0.25) is 5.28 Å². The van der Waals surface area contributed by atoms with Crippen LogP contribution in [0.1, 0.15) is 33.6 Å². The van der Waals surface area contributed by atoms with E-state index in [0.29, 0.717) is 18.8 Å². The summed E-state index contributed by atoms with van der Waals surface area (Å²) < 4.78 is 5.05. The van der Waals surface area contributed by atoms with E-state index in [4.69, 9.17) is 21.4 Å². The molecular weight excluding hydrogens is 324 g/mol. The molecule has 0 aliphatic rings. The first kappa shape index (κ1) is 19.0. The normalized spacial score (nSPS) is 12.3. The number of ether oxygens (including phenoxy) is 1. The van der Waals surface area contributed by atoms with E-state index in [-0.39, 0.29) is 11.7 Å². The van der Waals surface area contributed by atoms with Crippen LogP contribution in [0.5, 0.6) is 0 Å². The van der Waals surface area contributed by atoms with Crippen molar-refractivity contribution in [3.63, 3.8) is 0 Å². The maximum absolute atomic E-state index is 11.6. The summed E-state index contributed by atoms with van der Waals surface area (Å²) in [4.78, 5) is 30.5. The lowest BCUT2D eigenvalue weighted by atomic mass is 10.1. The van der Waals surface area contributed by atoms with Crippen molar-refractivity contribution < 1.29 is 19.4 Å². The van der Waals surface area contributed by atoms with Crippen molar-refractivity contribution >= 4 is 29.5 Å². The number of nitrogens with zero attached hydrogens (tertiary/aromatic N) is 2. The van der Waals surface area contributed by atoms with Crippen LogP contribution >= 0.6 is 11.6 Å². The lowest BCUT2D eigenvalue weighted by molar-refractivity contribution is -0.139. The second-order valence-electron chi connectivity index (χ2n) is 5.82. The minimum Gasteiger partial charge on any atom is -0.480 e. The van der Waals surface area contributed by atoms with Gasteiger partial charge < -0.3 is 20.5 Å². The number of carboxylic acids is 1. The van der Waals surface area contributed by atoms with Crippen molar-refractivity contribution in [3.8, 4) is 0 Å². The van der Waals surface area contributed by atoms with Crippen LogP contribution in [0, 0.1) is 0 Å². The van der Waals surface area contributed by atoms with Crippen LogP contribution in [-0.4, -0.2) is 45.3 Å². The van der Waals surface area contributed by atoms with Gasteiger partial charge in [0.1, 0.15) is 17.5 Å². The lowest BCUT2D eigenvalue weighted by Crippen LogP contribution is -2.43. The van der Waals surface area contributed by atoms with E-state index in [9.17, 15) is 9.59 Å². The summed E-state index contributed by atoms with van der Waals surface area (Å²) in [7, 11) is 0. The molecule has 0 aliphatic heterocycles. The van der Waals surface area contributed by atoms with E-state index in [2.05, 4.69) is 20.6 Å².